The van der Waals surface area contributed by atoms with E-state index in [1.54, 1.807) is 32.9 Å². The van der Waals surface area contributed by atoms with Gasteiger partial charge in [-0.2, -0.15) is 0 Å². The molecule has 1 saturated carbocycles. The lowest BCUT2D eigenvalue weighted by atomic mass is 10.2. The number of nitrogens with one attached hydrogen (secondary N) is 1. The highest BCUT2D eigenvalue weighted by Crippen LogP contribution is 2.41. The topological polar surface area (TPSA) is 137 Å². The second kappa shape index (κ2) is 6.98. The molecular weight excluding hydrogens is 354 g/mol. The molecule has 2 aromatic rings. The van der Waals surface area contributed by atoms with Crippen molar-refractivity contribution in [3.05, 3.63) is 18.0 Å². The van der Waals surface area contributed by atoms with Crippen molar-refractivity contribution in [2.45, 2.75) is 51.2 Å². The molecule has 0 bridgehead atoms. The standard InChI is InChI=1S/C18H23N3O6/c1-18(2,3)27-17(24)21-12(16(22)23)8-25-13-7-14-11(6-10(13)19)20-15(26-14)9-4-5-9/h6-7,9,12H,4-5,8,19H2,1-3H3,(H,21,24)(H,22,23). The number of aliphatic carboxylic acids is 1. The smallest absolute Gasteiger partial charge is 0.408 e. The van der Waals surface area contributed by atoms with Crippen molar-refractivity contribution < 1.29 is 28.6 Å². The molecule has 1 fully saturated rings. The number of nitrogen functional groups attached to an aromatic ring is 1. The molecule has 1 amide bonds. The number of ether oxygens (including phenoxy) is 2. The van der Waals surface area contributed by atoms with Crippen LogP contribution in [0.3, 0.4) is 0 Å². The number of fused-ring (bicyclic) bond motifs is 1. The van der Waals surface area contributed by atoms with Gasteiger partial charge in [-0.1, -0.05) is 0 Å². The first kappa shape index (κ1) is 18.8. The molecule has 27 heavy (non-hydrogen) atoms. The molecule has 1 aromatic heterocycles. The predicted octanol–water partition coefficient (Wildman–Crippen LogP) is 2.64. The summed E-state index contributed by atoms with van der Waals surface area (Å²) >= 11 is 0. The number of carboxylic acids is 1. The Morgan fingerprint density at radius 1 is 1.41 bits per heavy atom. The Labute approximate surface area is 155 Å². The van der Waals surface area contributed by atoms with Crippen molar-refractivity contribution >= 4 is 28.8 Å². The third-order valence-corrected chi connectivity index (χ3v) is 3.86. The van der Waals surface area contributed by atoms with Gasteiger partial charge in [-0.05, 0) is 39.7 Å². The zero-order valence-electron chi connectivity index (χ0n) is 15.4. The summed E-state index contributed by atoms with van der Waals surface area (Å²) in [4.78, 5) is 27.6. The maximum absolute atomic E-state index is 11.8. The average Bonchev–Trinajstić information content (AvgIpc) is 3.30. The number of aromatic nitrogens is 1. The van der Waals surface area contributed by atoms with Crippen LogP contribution >= 0.6 is 0 Å². The summed E-state index contributed by atoms with van der Waals surface area (Å²) in [5.41, 5.74) is 6.68. The number of nitrogens with two attached hydrogens (primary N) is 1. The molecule has 9 nitrogen and oxygen atoms in total. The Hall–Kier alpha value is -2.97. The molecular formula is C18H23N3O6. The second-order valence-corrected chi connectivity index (χ2v) is 7.53. The number of amides is 1. The van der Waals surface area contributed by atoms with Crippen molar-refractivity contribution in [2.75, 3.05) is 12.3 Å². The van der Waals surface area contributed by atoms with E-state index in [1.807, 2.05) is 0 Å². The number of alkyl carbamates (subject to hydrolysis) is 1. The maximum Gasteiger partial charge on any atom is 0.408 e. The van der Waals surface area contributed by atoms with Crippen LogP contribution < -0.4 is 15.8 Å². The van der Waals surface area contributed by atoms with Crippen LogP contribution in [0.5, 0.6) is 5.75 Å². The fraction of sp³-hybridized carbons (Fsp3) is 0.500. The summed E-state index contributed by atoms with van der Waals surface area (Å²) in [5.74, 6) is 0.0448. The highest BCUT2D eigenvalue weighted by molar-refractivity contribution is 5.82. The van der Waals surface area contributed by atoms with Crippen LogP contribution in [0.15, 0.2) is 16.5 Å². The van der Waals surface area contributed by atoms with E-state index in [0.717, 1.165) is 12.8 Å². The van der Waals surface area contributed by atoms with E-state index in [4.69, 9.17) is 19.6 Å². The van der Waals surface area contributed by atoms with Crippen molar-refractivity contribution in [1.29, 1.82) is 0 Å². The van der Waals surface area contributed by atoms with Gasteiger partial charge < -0.3 is 30.0 Å². The predicted molar refractivity (Wildman–Crippen MR) is 96.7 cm³/mol. The average molecular weight is 377 g/mol. The molecule has 0 aliphatic heterocycles. The van der Waals surface area contributed by atoms with Crippen LogP contribution in [0.4, 0.5) is 10.5 Å². The van der Waals surface area contributed by atoms with E-state index in [2.05, 4.69) is 10.3 Å². The first-order chi connectivity index (χ1) is 12.6. The molecule has 1 aliphatic carbocycles. The van der Waals surface area contributed by atoms with Crippen LogP contribution in [0.25, 0.3) is 11.1 Å². The fourth-order valence-electron chi connectivity index (χ4n) is 2.42. The van der Waals surface area contributed by atoms with Crippen LogP contribution in [0.1, 0.15) is 45.4 Å². The minimum atomic E-state index is -1.30. The quantitative estimate of drug-likeness (QED) is 0.653. The third-order valence-electron chi connectivity index (χ3n) is 3.86. The van der Waals surface area contributed by atoms with Crippen molar-refractivity contribution in [2.24, 2.45) is 0 Å². The second-order valence-electron chi connectivity index (χ2n) is 7.53. The first-order valence-electron chi connectivity index (χ1n) is 8.67. The minimum Gasteiger partial charge on any atom is -0.489 e. The van der Waals surface area contributed by atoms with Gasteiger partial charge in [-0.15, -0.1) is 0 Å². The number of carbonyl (C=O) groups excluding carboxylic acids is 1. The molecule has 0 radical (unpaired) electrons. The largest absolute Gasteiger partial charge is 0.489 e. The van der Waals surface area contributed by atoms with Crippen LogP contribution in [-0.4, -0.2) is 40.4 Å². The number of anilines is 1. The summed E-state index contributed by atoms with van der Waals surface area (Å²) in [5, 5.41) is 11.6. The molecule has 1 unspecified atom stereocenters. The van der Waals surface area contributed by atoms with Gasteiger partial charge in [0, 0.05) is 12.0 Å². The molecule has 1 aromatic carbocycles. The van der Waals surface area contributed by atoms with Crippen molar-refractivity contribution in [3.8, 4) is 5.75 Å². The Kier molecular flexibility index (Phi) is 4.86. The number of hydrogen-bond acceptors (Lipinski definition) is 7. The first-order valence-corrected chi connectivity index (χ1v) is 8.67. The number of carbonyl (C=O) groups is 2. The molecule has 0 spiro atoms. The number of oxazole rings is 1. The van der Waals surface area contributed by atoms with E-state index >= 15 is 0 Å². The summed E-state index contributed by atoms with van der Waals surface area (Å²) in [7, 11) is 0. The van der Waals surface area contributed by atoms with Gasteiger partial charge in [0.15, 0.2) is 17.5 Å². The van der Waals surface area contributed by atoms with E-state index in [-0.39, 0.29) is 12.4 Å². The fourth-order valence-corrected chi connectivity index (χ4v) is 2.42. The summed E-state index contributed by atoms with van der Waals surface area (Å²) in [6, 6.07) is 1.90. The molecule has 1 aliphatic rings. The number of benzene rings is 1. The van der Waals surface area contributed by atoms with E-state index in [0.29, 0.717) is 28.6 Å². The van der Waals surface area contributed by atoms with E-state index in [1.165, 1.54) is 0 Å². The Morgan fingerprint density at radius 2 is 2.11 bits per heavy atom. The van der Waals surface area contributed by atoms with E-state index < -0.39 is 23.7 Å². The Balaban J connectivity index is 1.68. The molecule has 1 atom stereocenters. The number of hydrogen-bond donors (Lipinski definition) is 3. The van der Waals surface area contributed by atoms with E-state index in [9.17, 15) is 14.7 Å². The molecule has 1 heterocycles. The van der Waals surface area contributed by atoms with Gasteiger partial charge in [0.25, 0.3) is 0 Å². The number of nitrogens with zero attached hydrogens (tertiary/aromatic N) is 1. The lowest BCUT2D eigenvalue weighted by Crippen LogP contribution is -2.46. The van der Waals surface area contributed by atoms with Crippen molar-refractivity contribution in [3.63, 3.8) is 0 Å². The SMILES string of the molecule is CC(C)(C)OC(=O)NC(COc1cc2oc(C3CC3)nc2cc1N)C(=O)O. The van der Waals surface area contributed by atoms with Gasteiger partial charge in [-0.25, -0.2) is 14.6 Å². The van der Waals surface area contributed by atoms with Gasteiger partial charge in [0.2, 0.25) is 0 Å². The van der Waals surface area contributed by atoms with Gasteiger partial charge in [0.1, 0.15) is 23.5 Å². The zero-order chi connectivity index (χ0) is 19.8. The molecule has 4 N–H and O–H groups in total. The monoisotopic (exact) mass is 377 g/mol. The third kappa shape index (κ3) is 4.81. The summed E-state index contributed by atoms with van der Waals surface area (Å²) in [6.45, 7) is 4.72. The number of carboxylic acid groups (broad SMARTS) is 1. The molecule has 3 rings (SSSR count). The molecule has 9 heteroatoms. The Morgan fingerprint density at radius 3 is 2.70 bits per heavy atom. The summed E-state index contributed by atoms with van der Waals surface area (Å²) < 4.78 is 16.3. The maximum atomic E-state index is 11.8. The van der Waals surface area contributed by atoms with Gasteiger partial charge >= 0.3 is 12.1 Å². The van der Waals surface area contributed by atoms with Crippen LogP contribution in [-0.2, 0) is 9.53 Å². The lowest BCUT2D eigenvalue weighted by Gasteiger charge is -2.22. The number of rotatable bonds is 6. The normalized spacial score (nSPS) is 15.4. The highest BCUT2D eigenvalue weighted by atomic mass is 16.6. The highest BCUT2D eigenvalue weighted by Gasteiger charge is 2.29. The lowest BCUT2D eigenvalue weighted by molar-refractivity contribution is -0.140. The van der Waals surface area contributed by atoms with Crippen LogP contribution in [0.2, 0.25) is 0 Å². The summed E-state index contributed by atoms with van der Waals surface area (Å²) in [6.07, 6.45) is 1.27. The molecule has 146 valence electrons. The zero-order valence-corrected chi connectivity index (χ0v) is 15.4. The van der Waals surface area contributed by atoms with Gasteiger partial charge in [0.05, 0.1) is 5.69 Å². The van der Waals surface area contributed by atoms with Crippen LogP contribution in [0, 0.1) is 0 Å². The van der Waals surface area contributed by atoms with Crippen molar-refractivity contribution in [1.82, 2.24) is 10.3 Å². The Bertz CT molecular complexity index is 866. The van der Waals surface area contributed by atoms with Gasteiger partial charge in [-0.3, -0.25) is 0 Å². The minimum absolute atomic E-state index is 0.262. The molecule has 0 saturated heterocycles.